The van der Waals surface area contributed by atoms with Crippen LogP contribution in [0, 0.1) is 0 Å². The molecule has 1 heterocycles. The summed E-state index contributed by atoms with van der Waals surface area (Å²) in [5.74, 6) is 0. The van der Waals surface area contributed by atoms with E-state index in [-0.39, 0.29) is 19.2 Å². The number of likely N-dealkylation sites (N-methyl/N-ethyl adjacent to an activating group) is 1. The van der Waals surface area contributed by atoms with Gasteiger partial charge in [-0.15, -0.1) is 0 Å². The Kier molecular flexibility index (Phi) is 4.04. The Morgan fingerprint density at radius 1 is 1.50 bits per heavy atom. The van der Waals surface area contributed by atoms with Crippen LogP contribution in [0.1, 0.15) is 12.5 Å². The second kappa shape index (κ2) is 5.73. The molecule has 0 unspecified atom stereocenters. The Bertz CT molecular complexity index is 434. The van der Waals surface area contributed by atoms with E-state index in [4.69, 9.17) is 5.11 Å². The fraction of sp³-hybridized carbons (Fsp3) is 0.462. The summed E-state index contributed by atoms with van der Waals surface area (Å²) in [6.07, 6.45) is 1.07. The van der Waals surface area contributed by atoms with Gasteiger partial charge in [0.2, 0.25) is 0 Å². The van der Waals surface area contributed by atoms with E-state index in [1.807, 2.05) is 12.1 Å². The summed E-state index contributed by atoms with van der Waals surface area (Å²) in [4.78, 5) is 13.8. The molecule has 1 aromatic carbocycles. The predicted octanol–water partition coefficient (Wildman–Crippen LogP) is 1.18. The topological polar surface area (TPSA) is 64.6 Å². The predicted molar refractivity (Wildman–Crippen MR) is 72.1 cm³/mol. The molecule has 0 aliphatic carbocycles. The van der Waals surface area contributed by atoms with E-state index in [1.54, 1.807) is 0 Å². The molecule has 0 spiro atoms. The molecular formula is C13H19N3O2. The smallest absolute Gasteiger partial charge is 0.319 e. The zero-order valence-electron chi connectivity index (χ0n) is 10.6. The van der Waals surface area contributed by atoms with Crippen molar-refractivity contribution in [2.24, 2.45) is 0 Å². The second-order valence-electron chi connectivity index (χ2n) is 4.28. The van der Waals surface area contributed by atoms with Crippen LogP contribution in [0.4, 0.5) is 16.2 Å². The van der Waals surface area contributed by atoms with E-state index in [0.717, 1.165) is 25.2 Å². The van der Waals surface area contributed by atoms with Crippen molar-refractivity contribution in [3.05, 3.63) is 23.8 Å². The van der Waals surface area contributed by atoms with Crippen molar-refractivity contribution >= 4 is 17.4 Å². The third-order valence-corrected chi connectivity index (χ3v) is 3.11. The number of carbonyl (C=O) groups is 1. The lowest BCUT2D eigenvalue weighted by Crippen LogP contribution is -2.31. The van der Waals surface area contributed by atoms with Crippen LogP contribution in [-0.2, 0) is 6.42 Å². The molecule has 2 amide bonds. The van der Waals surface area contributed by atoms with Crippen LogP contribution in [0.15, 0.2) is 18.2 Å². The molecule has 0 saturated carbocycles. The Morgan fingerprint density at radius 3 is 3.06 bits per heavy atom. The summed E-state index contributed by atoms with van der Waals surface area (Å²) in [5, 5.41) is 13.9. The van der Waals surface area contributed by atoms with Gasteiger partial charge >= 0.3 is 6.03 Å². The number of aliphatic hydroxyl groups is 1. The number of urea groups is 1. The van der Waals surface area contributed by atoms with E-state index in [9.17, 15) is 4.79 Å². The van der Waals surface area contributed by atoms with Crippen LogP contribution in [0.5, 0.6) is 0 Å². The monoisotopic (exact) mass is 249 g/mol. The largest absolute Gasteiger partial charge is 0.395 e. The molecule has 0 aromatic heterocycles. The van der Waals surface area contributed by atoms with Crippen LogP contribution in [0.2, 0.25) is 0 Å². The Balaban J connectivity index is 2.05. The molecule has 18 heavy (non-hydrogen) atoms. The normalized spacial score (nSPS) is 13.3. The minimum atomic E-state index is -0.287. The van der Waals surface area contributed by atoms with Crippen LogP contribution in [-0.4, -0.2) is 37.4 Å². The van der Waals surface area contributed by atoms with Crippen LogP contribution in [0.25, 0.3) is 0 Å². The number of carbonyl (C=O) groups excluding carboxylic acids is 1. The summed E-state index contributed by atoms with van der Waals surface area (Å²) in [5.41, 5.74) is 3.32. The van der Waals surface area contributed by atoms with E-state index < -0.39 is 0 Å². The molecule has 98 valence electrons. The number of fused-ring (bicyclic) bond motifs is 1. The first-order chi connectivity index (χ1) is 8.74. The Hall–Kier alpha value is -1.75. The van der Waals surface area contributed by atoms with Crippen molar-refractivity contribution in [2.45, 2.75) is 13.3 Å². The van der Waals surface area contributed by atoms with Gasteiger partial charge in [-0.3, -0.25) is 0 Å². The third-order valence-electron chi connectivity index (χ3n) is 3.11. The zero-order chi connectivity index (χ0) is 13.0. The van der Waals surface area contributed by atoms with Gasteiger partial charge in [0.1, 0.15) is 0 Å². The maximum Gasteiger partial charge on any atom is 0.319 e. The van der Waals surface area contributed by atoms with Crippen molar-refractivity contribution < 1.29 is 9.90 Å². The number of aliphatic hydroxyl groups excluding tert-OH is 1. The number of benzene rings is 1. The zero-order valence-corrected chi connectivity index (χ0v) is 10.6. The summed E-state index contributed by atoms with van der Waals surface area (Å²) in [6, 6.07) is 5.69. The highest BCUT2D eigenvalue weighted by Crippen LogP contribution is 2.30. The second-order valence-corrected chi connectivity index (χ2v) is 4.28. The fourth-order valence-electron chi connectivity index (χ4n) is 2.20. The summed E-state index contributed by atoms with van der Waals surface area (Å²) in [7, 11) is 0. The molecule has 0 fully saturated rings. The summed E-state index contributed by atoms with van der Waals surface area (Å²) >= 11 is 0. The van der Waals surface area contributed by atoms with Gasteiger partial charge in [-0.1, -0.05) is 6.07 Å². The van der Waals surface area contributed by atoms with Gasteiger partial charge < -0.3 is 20.6 Å². The van der Waals surface area contributed by atoms with Crippen LogP contribution < -0.4 is 15.5 Å². The first-order valence-corrected chi connectivity index (χ1v) is 6.28. The first kappa shape index (κ1) is 12.7. The van der Waals surface area contributed by atoms with Gasteiger partial charge in [0.05, 0.1) is 6.61 Å². The molecule has 2 rings (SSSR count). The molecule has 0 radical (unpaired) electrons. The maximum absolute atomic E-state index is 11.5. The first-order valence-electron chi connectivity index (χ1n) is 6.28. The van der Waals surface area contributed by atoms with Gasteiger partial charge in [0.15, 0.2) is 0 Å². The standard InChI is InChI=1S/C13H19N3O2/c1-2-16-7-5-10-3-4-11(9-12(10)16)15-13(18)14-6-8-17/h3-4,9,17H,2,5-8H2,1H3,(H2,14,15,18). The van der Waals surface area contributed by atoms with E-state index in [2.05, 4.69) is 28.5 Å². The number of amides is 2. The van der Waals surface area contributed by atoms with Gasteiger partial charge in [0.25, 0.3) is 0 Å². The van der Waals surface area contributed by atoms with Crippen LogP contribution >= 0.6 is 0 Å². The van der Waals surface area contributed by atoms with Crippen molar-refractivity contribution in [1.29, 1.82) is 0 Å². The quantitative estimate of drug-likeness (QED) is 0.751. The number of nitrogens with one attached hydrogen (secondary N) is 2. The SMILES string of the molecule is CCN1CCc2ccc(NC(=O)NCCO)cc21. The number of anilines is 2. The van der Waals surface area contributed by atoms with Crippen molar-refractivity contribution in [1.82, 2.24) is 5.32 Å². The van der Waals surface area contributed by atoms with Crippen molar-refractivity contribution in [3.8, 4) is 0 Å². The average Bonchev–Trinajstić information content (AvgIpc) is 2.78. The molecule has 1 aliphatic rings. The van der Waals surface area contributed by atoms with E-state index >= 15 is 0 Å². The Labute approximate surface area is 107 Å². The summed E-state index contributed by atoms with van der Waals surface area (Å²) < 4.78 is 0. The number of rotatable bonds is 4. The third kappa shape index (κ3) is 2.73. The van der Waals surface area contributed by atoms with Gasteiger partial charge in [-0.2, -0.15) is 0 Å². The van der Waals surface area contributed by atoms with Gasteiger partial charge in [0, 0.05) is 31.0 Å². The highest BCUT2D eigenvalue weighted by atomic mass is 16.3. The molecule has 1 aromatic rings. The molecular weight excluding hydrogens is 230 g/mol. The highest BCUT2D eigenvalue weighted by Gasteiger charge is 2.17. The molecule has 0 saturated heterocycles. The highest BCUT2D eigenvalue weighted by molar-refractivity contribution is 5.90. The summed E-state index contributed by atoms with van der Waals surface area (Å²) in [6.45, 7) is 4.36. The molecule has 3 N–H and O–H groups in total. The number of hydrogen-bond acceptors (Lipinski definition) is 3. The molecule has 0 atom stereocenters. The minimum absolute atomic E-state index is 0.0543. The average molecular weight is 249 g/mol. The fourth-order valence-corrected chi connectivity index (χ4v) is 2.20. The van der Waals surface area contributed by atoms with Crippen LogP contribution in [0.3, 0.4) is 0 Å². The van der Waals surface area contributed by atoms with E-state index in [0.29, 0.717) is 0 Å². The van der Waals surface area contributed by atoms with E-state index in [1.165, 1.54) is 11.3 Å². The van der Waals surface area contributed by atoms with Crippen molar-refractivity contribution in [3.63, 3.8) is 0 Å². The minimum Gasteiger partial charge on any atom is -0.395 e. The lowest BCUT2D eigenvalue weighted by atomic mass is 10.1. The lowest BCUT2D eigenvalue weighted by Gasteiger charge is -2.17. The number of hydrogen-bond donors (Lipinski definition) is 3. The molecule has 1 aliphatic heterocycles. The van der Waals surface area contributed by atoms with Gasteiger partial charge in [-0.05, 0) is 31.0 Å². The lowest BCUT2D eigenvalue weighted by molar-refractivity contribution is 0.245. The Morgan fingerprint density at radius 2 is 2.33 bits per heavy atom. The van der Waals surface area contributed by atoms with Crippen molar-refractivity contribution in [2.75, 3.05) is 36.5 Å². The maximum atomic E-state index is 11.5. The molecule has 5 heteroatoms. The van der Waals surface area contributed by atoms with Gasteiger partial charge in [-0.25, -0.2) is 4.79 Å². The molecule has 0 bridgehead atoms. The molecule has 5 nitrogen and oxygen atoms in total. The number of nitrogens with zero attached hydrogens (tertiary/aromatic N) is 1.